The van der Waals surface area contributed by atoms with Crippen LogP contribution in [-0.4, -0.2) is 21.8 Å². The van der Waals surface area contributed by atoms with Crippen molar-refractivity contribution in [1.29, 1.82) is 0 Å². The number of primary amides is 1. The molecule has 0 unspecified atom stereocenters. The number of carbonyl (C=O) groups excluding carboxylic acids is 2. The van der Waals surface area contributed by atoms with Gasteiger partial charge in [-0.15, -0.1) is 0 Å². The van der Waals surface area contributed by atoms with Gasteiger partial charge in [0.2, 0.25) is 0 Å². The lowest BCUT2D eigenvalue weighted by atomic mass is 10.2. The first-order chi connectivity index (χ1) is 8.56. The maximum Gasteiger partial charge on any atom is 0.260 e. The van der Waals surface area contributed by atoms with Gasteiger partial charge in [0.25, 0.3) is 11.8 Å². The molecule has 0 aliphatic carbocycles. The zero-order chi connectivity index (χ0) is 13.1. The summed E-state index contributed by atoms with van der Waals surface area (Å²) in [5.41, 5.74) is 5.43. The maximum absolute atomic E-state index is 11.8. The second-order valence-corrected chi connectivity index (χ2v) is 4.63. The lowest BCUT2D eigenvalue weighted by molar-refractivity contribution is 0.100. The number of carbonyl (C=O) groups is 2. The summed E-state index contributed by atoms with van der Waals surface area (Å²) < 4.78 is 0. The van der Waals surface area contributed by atoms with Gasteiger partial charge in [-0.2, -0.15) is 0 Å². The van der Waals surface area contributed by atoms with Crippen molar-refractivity contribution in [2.45, 2.75) is 0 Å². The highest BCUT2D eigenvalue weighted by Gasteiger charge is 2.11. The highest BCUT2D eigenvalue weighted by molar-refractivity contribution is 7.17. The van der Waals surface area contributed by atoms with Gasteiger partial charge in [0.1, 0.15) is 10.0 Å². The molecule has 2 amide bonds. The molecule has 2 rings (SSSR count). The number of thiazole rings is 1. The third-order valence-corrected chi connectivity index (χ3v) is 3.09. The summed E-state index contributed by atoms with van der Waals surface area (Å²) in [6.45, 7) is 0. The van der Waals surface area contributed by atoms with E-state index in [1.807, 2.05) is 0 Å². The second kappa shape index (κ2) is 5.11. The van der Waals surface area contributed by atoms with Crippen LogP contribution < -0.4 is 11.1 Å². The Bertz CT molecular complexity index is 613. The number of nitrogens with two attached hydrogens (primary N) is 1. The van der Waals surface area contributed by atoms with Crippen LogP contribution in [-0.2, 0) is 0 Å². The molecule has 2 aromatic heterocycles. The normalized spacial score (nSPS) is 10.1. The topological polar surface area (TPSA) is 98.0 Å². The number of amides is 2. The summed E-state index contributed by atoms with van der Waals surface area (Å²) in [7, 11) is 0. The number of rotatable bonds is 3. The van der Waals surface area contributed by atoms with Crippen LogP contribution in [0.5, 0.6) is 0 Å². The molecule has 0 bridgehead atoms. The molecule has 0 aromatic carbocycles. The summed E-state index contributed by atoms with van der Waals surface area (Å²) in [5, 5.41) is 3.05. The van der Waals surface area contributed by atoms with Crippen molar-refractivity contribution in [2.24, 2.45) is 5.73 Å². The average molecular weight is 283 g/mol. The molecule has 0 radical (unpaired) electrons. The molecule has 2 aromatic rings. The molecule has 6 nitrogen and oxygen atoms in total. The molecule has 0 fully saturated rings. The molecule has 0 aliphatic rings. The Morgan fingerprint density at radius 3 is 2.78 bits per heavy atom. The Hall–Kier alpha value is -1.99. The SMILES string of the molecule is NC(=O)c1cnc(NC(=O)c2ccnc(Cl)c2)s1. The number of halogens is 1. The fraction of sp³-hybridized carbons (Fsp3) is 0. The minimum absolute atomic E-state index is 0.222. The van der Waals surface area contributed by atoms with Gasteiger partial charge >= 0.3 is 0 Å². The Labute approximate surface area is 111 Å². The third-order valence-electron chi connectivity index (χ3n) is 1.96. The average Bonchev–Trinajstić information content (AvgIpc) is 2.77. The van der Waals surface area contributed by atoms with Crippen LogP contribution in [0.2, 0.25) is 5.15 Å². The van der Waals surface area contributed by atoms with Gasteiger partial charge in [-0.3, -0.25) is 14.9 Å². The van der Waals surface area contributed by atoms with Gasteiger partial charge in [0.15, 0.2) is 5.13 Å². The molecule has 0 saturated heterocycles. The zero-order valence-electron chi connectivity index (χ0n) is 8.88. The van der Waals surface area contributed by atoms with E-state index in [9.17, 15) is 9.59 Å². The molecule has 0 aliphatic heterocycles. The standard InChI is InChI=1S/C10H7ClN4O2S/c11-7-3-5(1-2-13-7)9(17)15-10-14-4-6(18-10)8(12)16/h1-4H,(H2,12,16)(H,14,15,17). The van der Waals surface area contributed by atoms with E-state index in [1.165, 1.54) is 24.5 Å². The number of anilines is 1. The van der Waals surface area contributed by atoms with E-state index < -0.39 is 5.91 Å². The number of nitrogens with zero attached hydrogens (tertiary/aromatic N) is 2. The Balaban J connectivity index is 2.13. The van der Waals surface area contributed by atoms with Gasteiger partial charge in [-0.25, -0.2) is 9.97 Å². The van der Waals surface area contributed by atoms with Crippen LogP contribution in [0, 0.1) is 0 Å². The third kappa shape index (κ3) is 2.82. The number of nitrogens with one attached hydrogen (secondary N) is 1. The van der Waals surface area contributed by atoms with Gasteiger partial charge in [-0.05, 0) is 12.1 Å². The van der Waals surface area contributed by atoms with Crippen molar-refractivity contribution >= 4 is 39.9 Å². The van der Waals surface area contributed by atoms with Crippen molar-refractivity contribution in [3.05, 3.63) is 40.1 Å². The predicted octanol–water partition coefficient (Wildman–Crippen LogP) is 1.54. The lowest BCUT2D eigenvalue weighted by Crippen LogP contribution is -2.11. The Kier molecular flexibility index (Phi) is 3.54. The Morgan fingerprint density at radius 1 is 1.39 bits per heavy atom. The van der Waals surface area contributed by atoms with Crippen molar-refractivity contribution in [1.82, 2.24) is 9.97 Å². The molecule has 18 heavy (non-hydrogen) atoms. The molecule has 0 atom stereocenters. The van der Waals surface area contributed by atoms with E-state index >= 15 is 0 Å². The molecule has 92 valence electrons. The quantitative estimate of drug-likeness (QED) is 0.834. The van der Waals surface area contributed by atoms with Crippen molar-refractivity contribution in [3.8, 4) is 0 Å². The molecular formula is C10H7ClN4O2S. The Morgan fingerprint density at radius 2 is 2.17 bits per heavy atom. The fourth-order valence-electron chi connectivity index (χ4n) is 1.16. The predicted molar refractivity (Wildman–Crippen MR) is 67.8 cm³/mol. The van der Waals surface area contributed by atoms with Crippen LogP contribution >= 0.6 is 22.9 Å². The van der Waals surface area contributed by atoms with E-state index in [1.54, 1.807) is 0 Å². The summed E-state index contributed by atoms with van der Waals surface area (Å²) in [5.74, 6) is -0.968. The van der Waals surface area contributed by atoms with Gasteiger partial charge in [0.05, 0.1) is 6.20 Å². The van der Waals surface area contributed by atoms with Crippen LogP contribution in [0.25, 0.3) is 0 Å². The van der Waals surface area contributed by atoms with Crippen molar-refractivity contribution < 1.29 is 9.59 Å². The molecule has 0 saturated carbocycles. The van der Waals surface area contributed by atoms with Crippen LogP contribution in [0.3, 0.4) is 0 Å². The van der Waals surface area contributed by atoms with E-state index in [2.05, 4.69) is 15.3 Å². The van der Waals surface area contributed by atoms with Crippen molar-refractivity contribution in [3.63, 3.8) is 0 Å². The first-order valence-corrected chi connectivity index (χ1v) is 5.94. The number of aromatic nitrogens is 2. The van der Waals surface area contributed by atoms with Crippen LogP contribution in [0.15, 0.2) is 24.5 Å². The zero-order valence-corrected chi connectivity index (χ0v) is 10.5. The number of hydrogen-bond donors (Lipinski definition) is 2. The number of pyridine rings is 1. The van der Waals surface area contributed by atoms with Gasteiger partial charge in [0, 0.05) is 11.8 Å². The molecular weight excluding hydrogens is 276 g/mol. The van der Waals surface area contributed by atoms with E-state index in [-0.39, 0.29) is 15.9 Å². The lowest BCUT2D eigenvalue weighted by Gasteiger charge is -2.01. The maximum atomic E-state index is 11.8. The van der Waals surface area contributed by atoms with E-state index in [0.717, 1.165) is 11.3 Å². The van der Waals surface area contributed by atoms with Crippen LogP contribution in [0.1, 0.15) is 20.0 Å². The van der Waals surface area contributed by atoms with Gasteiger partial charge < -0.3 is 5.73 Å². The summed E-state index contributed by atoms with van der Waals surface area (Å²) in [6, 6.07) is 2.95. The highest BCUT2D eigenvalue weighted by Crippen LogP contribution is 2.18. The minimum Gasteiger partial charge on any atom is -0.365 e. The molecule has 2 heterocycles. The summed E-state index contributed by atoms with van der Waals surface area (Å²) in [4.78, 5) is 30.6. The summed E-state index contributed by atoms with van der Waals surface area (Å²) >= 11 is 6.67. The molecule has 8 heteroatoms. The molecule has 3 N–H and O–H groups in total. The van der Waals surface area contributed by atoms with Crippen molar-refractivity contribution in [2.75, 3.05) is 5.32 Å². The largest absolute Gasteiger partial charge is 0.365 e. The second-order valence-electron chi connectivity index (χ2n) is 3.22. The summed E-state index contributed by atoms with van der Waals surface area (Å²) in [6.07, 6.45) is 2.73. The highest BCUT2D eigenvalue weighted by atomic mass is 35.5. The number of hydrogen-bond acceptors (Lipinski definition) is 5. The molecule has 0 spiro atoms. The van der Waals surface area contributed by atoms with Crippen LogP contribution in [0.4, 0.5) is 5.13 Å². The first-order valence-electron chi connectivity index (χ1n) is 4.75. The smallest absolute Gasteiger partial charge is 0.260 e. The minimum atomic E-state index is -0.583. The monoisotopic (exact) mass is 282 g/mol. The van der Waals surface area contributed by atoms with E-state index in [4.69, 9.17) is 17.3 Å². The first kappa shape index (κ1) is 12.5. The fourth-order valence-corrected chi connectivity index (χ4v) is 2.00. The van der Waals surface area contributed by atoms with E-state index in [0.29, 0.717) is 10.7 Å². The van der Waals surface area contributed by atoms with Gasteiger partial charge in [-0.1, -0.05) is 22.9 Å².